The van der Waals surface area contributed by atoms with Gasteiger partial charge in [-0.3, -0.25) is 24.0 Å². The molecule has 2 aromatic carbocycles. The van der Waals surface area contributed by atoms with Gasteiger partial charge >= 0.3 is 18.1 Å². The molecule has 52 heavy (non-hydrogen) atoms. The lowest BCUT2D eigenvalue weighted by atomic mass is 9.80. The van der Waals surface area contributed by atoms with Gasteiger partial charge in [0.25, 0.3) is 0 Å². The zero-order valence-corrected chi connectivity index (χ0v) is 32.0. The number of hydrogen-bond acceptors (Lipinski definition) is 9. The van der Waals surface area contributed by atoms with Gasteiger partial charge in [0.05, 0.1) is 17.5 Å². The number of carbonyl (C=O) groups is 5. The molecule has 0 bridgehead atoms. The predicted octanol–water partition coefficient (Wildman–Crippen LogP) is 6.42. The van der Waals surface area contributed by atoms with Crippen LogP contribution in [0.1, 0.15) is 118 Å². The van der Waals surface area contributed by atoms with Crippen LogP contribution in [-0.2, 0) is 43.0 Å². The van der Waals surface area contributed by atoms with Gasteiger partial charge in [-0.1, -0.05) is 74.0 Å². The molecule has 0 spiro atoms. The standard InChI is InChI=1S/C20H25NO4.C20H29NO3.CO2/c1-13(14-8-6-5-7-9-14)21-12-20(18(24)25-19(2,3)4)11-10-15(22)16(20)17(21)23;1-6-12-20(18(23)24-19(3,4)5)13-17(22)21(14-20)15(2)16-10-8-7-9-11-16;2-1-3/h5-9,13,16H,10-12H2,1-4H3;7-11,15H,6,12-14H2,1-5H3;/t13-,16-,20-;15-,20+;/m11./s1. The zero-order chi connectivity index (χ0) is 39.1. The van der Waals surface area contributed by atoms with Crippen molar-refractivity contribution in [3.63, 3.8) is 0 Å². The van der Waals surface area contributed by atoms with Gasteiger partial charge < -0.3 is 19.3 Å². The van der Waals surface area contributed by atoms with Gasteiger partial charge in [-0.2, -0.15) is 9.59 Å². The first-order chi connectivity index (χ1) is 24.3. The topological polar surface area (TPSA) is 144 Å². The first-order valence-corrected chi connectivity index (χ1v) is 17.9. The van der Waals surface area contributed by atoms with Gasteiger partial charge in [0.2, 0.25) is 11.8 Å². The first-order valence-electron chi connectivity index (χ1n) is 17.9. The third kappa shape index (κ3) is 9.62. The molecule has 0 aromatic heterocycles. The molecule has 2 amide bonds. The van der Waals surface area contributed by atoms with E-state index in [1.54, 1.807) is 25.7 Å². The van der Waals surface area contributed by atoms with E-state index >= 15 is 0 Å². The van der Waals surface area contributed by atoms with Crippen LogP contribution in [-0.4, -0.2) is 69.8 Å². The molecular weight excluding hydrogens is 664 g/mol. The van der Waals surface area contributed by atoms with Crippen molar-refractivity contribution in [2.75, 3.05) is 13.1 Å². The van der Waals surface area contributed by atoms with Crippen molar-refractivity contribution >= 4 is 35.7 Å². The van der Waals surface area contributed by atoms with E-state index in [0.717, 1.165) is 17.5 Å². The second-order valence-electron chi connectivity index (χ2n) is 16.0. The van der Waals surface area contributed by atoms with Crippen molar-refractivity contribution in [2.45, 2.75) is 118 Å². The van der Waals surface area contributed by atoms with E-state index in [2.05, 4.69) is 0 Å². The third-order valence-corrected chi connectivity index (χ3v) is 9.82. The zero-order valence-electron chi connectivity index (χ0n) is 32.0. The number of hydrogen-bond donors (Lipinski definition) is 0. The lowest BCUT2D eigenvalue weighted by molar-refractivity contribution is -0.192. The fraction of sp³-hybridized carbons (Fsp3) is 0.561. The van der Waals surface area contributed by atoms with Crippen LogP contribution in [0.25, 0.3) is 0 Å². The molecule has 2 aliphatic heterocycles. The smallest absolute Gasteiger partial charge is 0.373 e. The van der Waals surface area contributed by atoms with Crippen LogP contribution in [0, 0.1) is 16.7 Å². The van der Waals surface area contributed by atoms with Gasteiger partial charge in [0.1, 0.15) is 28.3 Å². The van der Waals surface area contributed by atoms with E-state index in [-0.39, 0.29) is 61.2 Å². The van der Waals surface area contributed by atoms with Crippen LogP contribution in [0.3, 0.4) is 0 Å². The Hall–Kier alpha value is -4.63. The SMILES string of the molecule is CCC[C@]1(C(=O)OC(C)(C)C)CC(=O)N([C@H](C)c2ccccc2)C1.C[C@H](c1ccccc1)N1C[C@]2(C(=O)OC(C)(C)C)CCC(=O)[C@@H]2C1=O.O=C=O. The monoisotopic (exact) mass is 718 g/mol. The molecule has 1 aliphatic carbocycles. The summed E-state index contributed by atoms with van der Waals surface area (Å²) in [6, 6.07) is 19.4. The Morgan fingerprint density at radius 3 is 1.71 bits per heavy atom. The molecular formula is C41H54N2O9. The molecule has 0 N–H and O–H groups in total. The number of benzene rings is 2. The minimum absolute atomic E-state index is 0.0330. The lowest BCUT2D eigenvalue weighted by Crippen LogP contribution is -2.42. The fourth-order valence-electron chi connectivity index (χ4n) is 7.34. The summed E-state index contributed by atoms with van der Waals surface area (Å²) < 4.78 is 11.2. The number of Topliss-reactive ketones (excluding diaryl/α,β-unsaturated/α-hetero) is 1. The Balaban J connectivity index is 0.000000261. The van der Waals surface area contributed by atoms with Crippen molar-refractivity contribution in [1.82, 2.24) is 9.80 Å². The molecule has 3 aliphatic rings. The normalized spacial score (nSPS) is 23.7. The number of rotatable bonds is 8. The quantitative estimate of drug-likeness (QED) is 0.223. The summed E-state index contributed by atoms with van der Waals surface area (Å²) in [5.74, 6) is -1.91. The van der Waals surface area contributed by atoms with E-state index in [4.69, 9.17) is 19.1 Å². The lowest BCUT2D eigenvalue weighted by Gasteiger charge is -2.32. The number of amides is 2. The molecule has 5 atom stereocenters. The van der Waals surface area contributed by atoms with Crippen LogP contribution in [0.2, 0.25) is 0 Å². The summed E-state index contributed by atoms with van der Waals surface area (Å²) in [5.41, 5.74) is -0.875. The number of ether oxygens (including phenoxy) is 2. The highest BCUT2D eigenvalue weighted by atomic mass is 16.6. The van der Waals surface area contributed by atoms with Crippen LogP contribution in [0.15, 0.2) is 60.7 Å². The summed E-state index contributed by atoms with van der Waals surface area (Å²) >= 11 is 0. The summed E-state index contributed by atoms with van der Waals surface area (Å²) in [6.45, 7) is 17.7. The molecule has 11 nitrogen and oxygen atoms in total. The van der Waals surface area contributed by atoms with E-state index in [1.807, 2.05) is 107 Å². The Kier molecular flexibility index (Phi) is 13.5. The number of nitrogens with zero attached hydrogens (tertiary/aromatic N) is 2. The molecule has 5 rings (SSSR count). The van der Waals surface area contributed by atoms with Crippen molar-refractivity contribution in [3.8, 4) is 0 Å². The highest BCUT2D eigenvalue weighted by molar-refractivity contribution is 6.10. The van der Waals surface area contributed by atoms with Gasteiger partial charge in [0.15, 0.2) is 0 Å². The van der Waals surface area contributed by atoms with Crippen LogP contribution in [0.5, 0.6) is 0 Å². The maximum absolute atomic E-state index is 13.0. The molecule has 0 radical (unpaired) electrons. The van der Waals surface area contributed by atoms with Crippen molar-refractivity contribution in [3.05, 3.63) is 71.8 Å². The molecule has 1 saturated carbocycles. The van der Waals surface area contributed by atoms with E-state index in [1.165, 1.54) is 0 Å². The Morgan fingerprint density at radius 2 is 1.25 bits per heavy atom. The molecule has 11 heteroatoms. The highest BCUT2D eigenvalue weighted by Crippen LogP contribution is 2.51. The van der Waals surface area contributed by atoms with Gasteiger partial charge in [-0.25, -0.2) is 0 Å². The van der Waals surface area contributed by atoms with Crippen LogP contribution >= 0.6 is 0 Å². The molecule has 2 aromatic rings. The number of fused-ring (bicyclic) bond motifs is 1. The Morgan fingerprint density at radius 1 is 0.788 bits per heavy atom. The largest absolute Gasteiger partial charge is 0.459 e. The van der Waals surface area contributed by atoms with Crippen LogP contribution in [0.4, 0.5) is 0 Å². The number of likely N-dealkylation sites (tertiary alicyclic amines) is 2. The third-order valence-electron chi connectivity index (χ3n) is 9.82. The summed E-state index contributed by atoms with van der Waals surface area (Å²) in [5, 5.41) is 0. The fourth-order valence-corrected chi connectivity index (χ4v) is 7.34. The molecule has 0 unspecified atom stereocenters. The van der Waals surface area contributed by atoms with Crippen molar-refractivity contribution in [2.24, 2.45) is 16.7 Å². The molecule has 282 valence electrons. The molecule has 2 heterocycles. The maximum Gasteiger partial charge on any atom is 0.373 e. The second kappa shape index (κ2) is 16.8. The first kappa shape index (κ1) is 41.8. The van der Waals surface area contributed by atoms with E-state index in [0.29, 0.717) is 19.4 Å². The molecule has 2 saturated heterocycles. The van der Waals surface area contributed by atoms with Gasteiger partial charge in [0, 0.05) is 25.9 Å². The minimum atomic E-state index is -1.04. The minimum Gasteiger partial charge on any atom is -0.459 e. The Bertz CT molecular complexity index is 1620. The maximum atomic E-state index is 13.0. The summed E-state index contributed by atoms with van der Waals surface area (Å²) in [7, 11) is 0. The average molecular weight is 719 g/mol. The van der Waals surface area contributed by atoms with Crippen molar-refractivity contribution in [1.29, 1.82) is 0 Å². The summed E-state index contributed by atoms with van der Waals surface area (Å²) in [6.07, 6.45) is 2.66. The second-order valence-corrected chi connectivity index (χ2v) is 16.0. The van der Waals surface area contributed by atoms with Gasteiger partial charge in [-0.15, -0.1) is 0 Å². The molecule has 3 fully saturated rings. The summed E-state index contributed by atoms with van der Waals surface area (Å²) in [4.78, 5) is 83.5. The predicted molar refractivity (Wildman–Crippen MR) is 192 cm³/mol. The van der Waals surface area contributed by atoms with E-state index < -0.39 is 33.9 Å². The van der Waals surface area contributed by atoms with Crippen molar-refractivity contribution < 1.29 is 43.0 Å². The van der Waals surface area contributed by atoms with Gasteiger partial charge in [-0.05, 0) is 79.4 Å². The van der Waals surface area contributed by atoms with E-state index in [9.17, 15) is 24.0 Å². The number of carbonyl (C=O) groups excluding carboxylic acids is 7. The number of ketones is 1. The van der Waals surface area contributed by atoms with Crippen LogP contribution < -0.4 is 0 Å². The Labute approximate surface area is 307 Å². The average Bonchev–Trinajstić information content (AvgIpc) is 3.70. The highest BCUT2D eigenvalue weighted by Gasteiger charge is 2.65. The number of esters is 2.